The summed E-state index contributed by atoms with van der Waals surface area (Å²) in [6, 6.07) is 6.95. The van der Waals surface area contributed by atoms with Gasteiger partial charge in [-0.05, 0) is 36.8 Å². The summed E-state index contributed by atoms with van der Waals surface area (Å²) in [6.45, 7) is 1.86. The highest BCUT2D eigenvalue weighted by Crippen LogP contribution is 2.34. The predicted octanol–water partition coefficient (Wildman–Crippen LogP) is 2.93. The molecule has 0 radical (unpaired) electrons. The monoisotopic (exact) mass is 432 g/mol. The lowest BCUT2D eigenvalue weighted by Crippen LogP contribution is -2.14. The highest BCUT2D eigenvalue weighted by atomic mass is 35.5. The number of aromatic nitrogens is 5. The first-order valence-electron chi connectivity index (χ1n) is 8.49. The van der Waals surface area contributed by atoms with Gasteiger partial charge in [0.2, 0.25) is 0 Å². The Morgan fingerprint density at radius 1 is 1.17 bits per heavy atom. The zero-order valence-electron chi connectivity index (χ0n) is 15.8. The standard InChI is InChI=1S/C18H17ClN6O3S/c1-11-6-15(19)22-16(7-11)25-10-13(9-21-25)29(26,27)23-17-14(28-3)5-4-12-8-20-24(2)18(12)17/h4-10,23H,1-3H3. The van der Waals surface area contributed by atoms with Crippen LogP contribution < -0.4 is 9.46 Å². The van der Waals surface area contributed by atoms with Gasteiger partial charge in [0.25, 0.3) is 10.0 Å². The fraction of sp³-hybridized carbons (Fsp3) is 0.167. The molecule has 0 aliphatic heterocycles. The molecule has 0 saturated carbocycles. The molecule has 1 N–H and O–H groups in total. The Labute approximate surface area is 171 Å². The molecule has 29 heavy (non-hydrogen) atoms. The summed E-state index contributed by atoms with van der Waals surface area (Å²) >= 11 is 5.99. The van der Waals surface area contributed by atoms with E-state index in [1.165, 1.54) is 24.2 Å². The average Bonchev–Trinajstić information content (AvgIpc) is 3.29. The predicted molar refractivity (Wildman–Crippen MR) is 109 cm³/mol. The molecule has 3 heterocycles. The van der Waals surface area contributed by atoms with Gasteiger partial charge in [0.05, 0.1) is 31.2 Å². The van der Waals surface area contributed by atoms with Gasteiger partial charge < -0.3 is 4.74 Å². The maximum Gasteiger partial charge on any atom is 0.265 e. The number of benzene rings is 1. The van der Waals surface area contributed by atoms with E-state index in [1.54, 1.807) is 36.1 Å². The van der Waals surface area contributed by atoms with Crippen molar-refractivity contribution in [2.45, 2.75) is 11.8 Å². The second-order valence-corrected chi connectivity index (χ2v) is 8.47. The number of hydrogen-bond acceptors (Lipinski definition) is 6. The second-order valence-electron chi connectivity index (χ2n) is 6.40. The van der Waals surface area contributed by atoms with Crippen LogP contribution in [0.15, 0.2) is 47.8 Å². The van der Waals surface area contributed by atoms with E-state index in [4.69, 9.17) is 16.3 Å². The molecule has 0 amide bonds. The Bertz CT molecular complexity index is 1310. The first-order chi connectivity index (χ1) is 13.8. The third kappa shape index (κ3) is 3.52. The molecular formula is C18H17ClN6O3S. The van der Waals surface area contributed by atoms with E-state index in [-0.39, 0.29) is 4.90 Å². The molecule has 0 atom stereocenters. The van der Waals surface area contributed by atoms with Crippen LogP contribution >= 0.6 is 11.6 Å². The van der Waals surface area contributed by atoms with E-state index >= 15 is 0 Å². The molecule has 0 aliphatic carbocycles. The van der Waals surface area contributed by atoms with Gasteiger partial charge in [0.15, 0.2) is 5.82 Å². The van der Waals surface area contributed by atoms with Gasteiger partial charge in [-0.2, -0.15) is 10.2 Å². The van der Waals surface area contributed by atoms with Crippen molar-refractivity contribution in [2.24, 2.45) is 7.05 Å². The number of nitrogens with one attached hydrogen (secondary N) is 1. The van der Waals surface area contributed by atoms with Crippen molar-refractivity contribution >= 4 is 38.2 Å². The maximum atomic E-state index is 13.0. The highest BCUT2D eigenvalue weighted by molar-refractivity contribution is 7.92. The molecule has 4 rings (SSSR count). The van der Waals surface area contributed by atoms with Gasteiger partial charge in [0.1, 0.15) is 21.5 Å². The van der Waals surface area contributed by atoms with Gasteiger partial charge in [-0.15, -0.1) is 0 Å². The minimum Gasteiger partial charge on any atom is -0.494 e. The maximum absolute atomic E-state index is 13.0. The molecule has 9 nitrogen and oxygen atoms in total. The fourth-order valence-electron chi connectivity index (χ4n) is 3.01. The van der Waals surface area contributed by atoms with Crippen LogP contribution in [0.2, 0.25) is 5.15 Å². The summed E-state index contributed by atoms with van der Waals surface area (Å²) in [4.78, 5) is 4.15. The van der Waals surface area contributed by atoms with Crippen molar-refractivity contribution in [2.75, 3.05) is 11.8 Å². The Balaban J connectivity index is 1.75. The van der Waals surface area contributed by atoms with Gasteiger partial charge in [-0.3, -0.25) is 9.40 Å². The lowest BCUT2D eigenvalue weighted by molar-refractivity contribution is 0.417. The van der Waals surface area contributed by atoms with Gasteiger partial charge in [-0.1, -0.05) is 11.6 Å². The third-order valence-electron chi connectivity index (χ3n) is 4.35. The van der Waals surface area contributed by atoms with E-state index in [0.717, 1.165) is 10.9 Å². The number of methoxy groups -OCH3 is 1. The minimum atomic E-state index is -3.95. The van der Waals surface area contributed by atoms with Crippen LogP contribution in [0.1, 0.15) is 5.56 Å². The molecule has 0 spiro atoms. The topological polar surface area (TPSA) is 104 Å². The van der Waals surface area contributed by atoms with Crippen molar-refractivity contribution in [3.63, 3.8) is 0 Å². The molecule has 0 unspecified atom stereocenters. The zero-order valence-corrected chi connectivity index (χ0v) is 17.4. The molecule has 0 aliphatic rings. The number of hydrogen-bond donors (Lipinski definition) is 1. The van der Waals surface area contributed by atoms with Crippen LogP contribution in [0.5, 0.6) is 5.75 Å². The van der Waals surface area contributed by atoms with E-state index < -0.39 is 10.0 Å². The van der Waals surface area contributed by atoms with Crippen LogP contribution in [0.4, 0.5) is 5.69 Å². The van der Waals surface area contributed by atoms with Crippen LogP contribution in [0, 0.1) is 6.92 Å². The lowest BCUT2D eigenvalue weighted by atomic mass is 10.2. The van der Waals surface area contributed by atoms with Crippen molar-refractivity contribution in [1.29, 1.82) is 0 Å². The Morgan fingerprint density at radius 2 is 1.97 bits per heavy atom. The number of ether oxygens (including phenoxy) is 1. The lowest BCUT2D eigenvalue weighted by Gasteiger charge is -2.13. The number of fused-ring (bicyclic) bond motifs is 1. The summed E-state index contributed by atoms with van der Waals surface area (Å²) in [5, 5.41) is 9.38. The molecule has 0 saturated heterocycles. The number of nitrogens with zero attached hydrogens (tertiary/aromatic N) is 5. The van der Waals surface area contributed by atoms with Crippen LogP contribution in [-0.2, 0) is 17.1 Å². The molecule has 0 fully saturated rings. The number of halogens is 1. The molecule has 3 aromatic heterocycles. The van der Waals surface area contributed by atoms with Crippen LogP contribution in [-0.4, -0.2) is 40.1 Å². The first-order valence-corrected chi connectivity index (χ1v) is 10.4. The van der Waals surface area contributed by atoms with Crippen molar-refractivity contribution in [3.05, 3.63) is 53.6 Å². The van der Waals surface area contributed by atoms with E-state index in [1.807, 2.05) is 13.0 Å². The number of rotatable bonds is 5. The first kappa shape index (κ1) is 19.2. The Kier molecular flexibility index (Phi) is 4.67. The average molecular weight is 433 g/mol. The van der Waals surface area contributed by atoms with Crippen molar-refractivity contribution < 1.29 is 13.2 Å². The number of sulfonamides is 1. The fourth-order valence-corrected chi connectivity index (χ4v) is 4.27. The van der Waals surface area contributed by atoms with Crippen LogP contribution in [0.3, 0.4) is 0 Å². The normalized spacial score (nSPS) is 11.7. The smallest absolute Gasteiger partial charge is 0.265 e. The minimum absolute atomic E-state index is 0.0295. The molecule has 150 valence electrons. The molecule has 4 aromatic rings. The number of pyridine rings is 1. The number of anilines is 1. The molecular weight excluding hydrogens is 416 g/mol. The third-order valence-corrected chi connectivity index (χ3v) is 5.85. The van der Waals surface area contributed by atoms with Gasteiger partial charge in [0, 0.05) is 12.4 Å². The summed E-state index contributed by atoms with van der Waals surface area (Å²) < 4.78 is 36.9. The largest absolute Gasteiger partial charge is 0.494 e. The van der Waals surface area contributed by atoms with E-state index in [0.29, 0.717) is 27.9 Å². The second kappa shape index (κ2) is 7.05. The summed E-state index contributed by atoms with van der Waals surface area (Å²) in [5.74, 6) is 0.798. The summed E-state index contributed by atoms with van der Waals surface area (Å²) in [6.07, 6.45) is 4.27. The Hall–Kier alpha value is -3.11. The highest BCUT2D eigenvalue weighted by Gasteiger charge is 2.22. The Morgan fingerprint density at radius 3 is 2.69 bits per heavy atom. The van der Waals surface area contributed by atoms with Gasteiger partial charge >= 0.3 is 0 Å². The molecule has 11 heteroatoms. The number of aryl methyl sites for hydroxylation is 2. The summed E-state index contributed by atoms with van der Waals surface area (Å²) in [5.41, 5.74) is 1.78. The van der Waals surface area contributed by atoms with Crippen LogP contribution in [0.25, 0.3) is 16.7 Å². The van der Waals surface area contributed by atoms with Gasteiger partial charge in [-0.25, -0.2) is 18.1 Å². The summed E-state index contributed by atoms with van der Waals surface area (Å²) in [7, 11) is -0.755. The SMILES string of the molecule is COc1ccc2cnn(C)c2c1NS(=O)(=O)c1cnn(-c2cc(C)cc(Cl)n2)c1. The molecule has 0 bridgehead atoms. The molecule has 1 aromatic carbocycles. The zero-order chi connectivity index (χ0) is 20.8. The van der Waals surface area contributed by atoms with Crippen molar-refractivity contribution in [1.82, 2.24) is 24.5 Å². The van der Waals surface area contributed by atoms with Crippen molar-refractivity contribution in [3.8, 4) is 11.6 Å². The van der Waals surface area contributed by atoms with E-state index in [9.17, 15) is 8.42 Å². The quantitative estimate of drug-likeness (QED) is 0.486. The van der Waals surface area contributed by atoms with E-state index in [2.05, 4.69) is 19.9 Å².